The van der Waals surface area contributed by atoms with Crippen LogP contribution in [-0.2, 0) is 6.67 Å². The number of aromatic nitrogens is 5. The Morgan fingerprint density at radius 3 is 2.61 bits per heavy atom. The van der Waals surface area contributed by atoms with Crippen molar-refractivity contribution in [1.29, 1.82) is 5.26 Å². The highest BCUT2D eigenvalue weighted by Gasteiger charge is 2.13. The van der Waals surface area contributed by atoms with E-state index in [1.54, 1.807) is 38.1 Å². The minimum Gasteiger partial charge on any atom is -0.267 e. The van der Waals surface area contributed by atoms with E-state index >= 15 is 0 Å². The van der Waals surface area contributed by atoms with Crippen molar-refractivity contribution in [2.75, 3.05) is 0 Å². The van der Waals surface area contributed by atoms with Gasteiger partial charge in [0.1, 0.15) is 23.8 Å². The molecule has 2 heterocycles. The van der Waals surface area contributed by atoms with Crippen molar-refractivity contribution in [3.8, 4) is 6.07 Å². The predicted molar refractivity (Wildman–Crippen MR) is 81.9 cm³/mol. The summed E-state index contributed by atoms with van der Waals surface area (Å²) in [6, 6.07) is 8.69. The molecule has 8 heteroatoms. The number of nitrogens with zero attached hydrogens (tertiary/aromatic N) is 6. The van der Waals surface area contributed by atoms with E-state index in [1.807, 2.05) is 6.07 Å². The third-order valence-corrected chi connectivity index (χ3v) is 3.65. The van der Waals surface area contributed by atoms with Gasteiger partial charge in [-0.1, -0.05) is 17.3 Å². The summed E-state index contributed by atoms with van der Waals surface area (Å²) in [5, 5.41) is 21.4. The molecule has 0 saturated heterocycles. The molecule has 1 aromatic carbocycles. The monoisotopic (exact) mass is 308 g/mol. The molecule has 0 aliphatic rings. The second-order valence-electron chi connectivity index (χ2n) is 5.05. The molecule has 0 fully saturated rings. The van der Waals surface area contributed by atoms with Gasteiger partial charge >= 0.3 is 0 Å². The van der Waals surface area contributed by atoms with Crippen LogP contribution in [0, 0.1) is 25.2 Å². The predicted octanol–water partition coefficient (Wildman–Crippen LogP) is 0.343. The SMILES string of the molecule is Cc1nn(Cn2nnc3ccccc3c2=O)c(=O)c(C#N)c1C. The average Bonchev–Trinajstić information content (AvgIpc) is 2.56. The van der Waals surface area contributed by atoms with Gasteiger partial charge in [-0.05, 0) is 31.5 Å². The number of hydrogen-bond acceptors (Lipinski definition) is 6. The van der Waals surface area contributed by atoms with Gasteiger partial charge in [0.25, 0.3) is 11.1 Å². The highest BCUT2D eigenvalue weighted by atomic mass is 16.1. The number of hydrogen-bond donors (Lipinski definition) is 0. The smallest absolute Gasteiger partial charge is 0.267 e. The molecule has 0 atom stereocenters. The van der Waals surface area contributed by atoms with E-state index in [9.17, 15) is 9.59 Å². The highest BCUT2D eigenvalue weighted by molar-refractivity contribution is 5.76. The van der Waals surface area contributed by atoms with Gasteiger partial charge < -0.3 is 0 Å². The minimum atomic E-state index is -0.558. The standard InChI is InChI=1S/C15H12N6O2/c1-9-10(2)18-20(15(23)12(9)7-16)8-21-14(22)11-5-3-4-6-13(11)17-19-21/h3-6H,8H2,1-2H3. The Morgan fingerprint density at radius 2 is 1.87 bits per heavy atom. The molecule has 0 spiro atoms. The Morgan fingerprint density at radius 1 is 1.13 bits per heavy atom. The van der Waals surface area contributed by atoms with E-state index in [-0.39, 0.29) is 17.8 Å². The summed E-state index contributed by atoms with van der Waals surface area (Å²) in [5.74, 6) is 0. The Labute approximate surface area is 130 Å². The average molecular weight is 308 g/mol. The summed E-state index contributed by atoms with van der Waals surface area (Å²) in [7, 11) is 0. The molecule has 3 rings (SSSR count). The van der Waals surface area contributed by atoms with E-state index in [1.165, 1.54) is 0 Å². The maximum atomic E-state index is 12.4. The molecule has 8 nitrogen and oxygen atoms in total. The summed E-state index contributed by atoms with van der Waals surface area (Å²) in [6.07, 6.45) is 0. The summed E-state index contributed by atoms with van der Waals surface area (Å²) < 4.78 is 2.10. The molecule has 0 unspecified atom stereocenters. The summed E-state index contributed by atoms with van der Waals surface area (Å²) in [4.78, 5) is 24.7. The van der Waals surface area contributed by atoms with Gasteiger partial charge in [-0.15, -0.1) is 5.10 Å². The number of rotatable bonds is 2. The Kier molecular flexibility index (Phi) is 3.46. The molecular weight excluding hydrogens is 296 g/mol. The van der Waals surface area contributed by atoms with Crippen LogP contribution in [0.4, 0.5) is 0 Å². The van der Waals surface area contributed by atoms with Gasteiger partial charge in [0.15, 0.2) is 0 Å². The van der Waals surface area contributed by atoms with Crippen molar-refractivity contribution in [1.82, 2.24) is 24.8 Å². The second-order valence-corrected chi connectivity index (χ2v) is 5.05. The molecule has 23 heavy (non-hydrogen) atoms. The van der Waals surface area contributed by atoms with Crippen molar-refractivity contribution >= 4 is 10.9 Å². The Balaban J connectivity index is 2.16. The van der Waals surface area contributed by atoms with Crippen LogP contribution in [0.15, 0.2) is 33.9 Å². The van der Waals surface area contributed by atoms with Gasteiger partial charge in [0.05, 0.1) is 11.1 Å². The van der Waals surface area contributed by atoms with E-state index in [2.05, 4.69) is 15.4 Å². The molecule has 0 saturated carbocycles. The molecule has 0 N–H and O–H groups in total. The van der Waals surface area contributed by atoms with E-state index in [0.29, 0.717) is 22.2 Å². The topological polar surface area (TPSA) is 106 Å². The zero-order valence-electron chi connectivity index (χ0n) is 12.5. The first kappa shape index (κ1) is 14.6. The minimum absolute atomic E-state index is 0.0132. The van der Waals surface area contributed by atoms with Crippen molar-refractivity contribution < 1.29 is 0 Å². The quantitative estimate of drug-likeness (QED) is 0.676. The van der Waals surface area contributed by atoms with Crippen LogP contribution >= 0.6 is 0 Å². The van der Waals surface area contributed by atoms with Gasteiger partial charge in [0.2, 0.25) is 0 Å². The van der Waals surface area contributed by atoms with Crippen LogP contribution in [0.1, 0.15) is 16.8 Å². The number of nitriles is 1. The lowest BCUT2D eigenvalue weighted by atomic mass is 10.1. The largest absolute Gasteiger partial charge is 0.286 e. The van der Waals surface area contributed by atoms with Gasteiger partial charge in [-0.25, -0.2) is 4.68 Å². The van der Waals surface area contributed by atoms with Crippen molar-refractivity contribution in [3.63, 3.8) is 0 Å². The fourth-order valence-corrected chi connectivity index (χ4v) is 2.24. The summed E-state index contributed by atoms with van der Waals surface area (Å²) in [5.41, 5.74) is 0.637. The first-order valence-electron chi connectivity index (χ1n) is 6.84. The fourth-order valence-electron chi connectivity index (χ4n) is 2.24. The van der Waals surface area contributed by atoms with E-state index < -0.39 is 5.56 Å². The first-order chi connectivity index (χ1) is 11.0. The fraction of sp³-hybridized carbons (Fsp3) is 0.200. The van der Waals surface area contributed by atoms with Gasteiger partial charge in [-0.3, -0.25) is 9.59 Å². The lowest BCUT2D eigenvalue weighted by Crippen LogP contribution is -2.35. The maximum absolute atomic E-state index is 12.4. The third kappa shape index (κ3) is 2.38. The lowest BCUT2D eigenvalue weighted by molar-refractivity contribution is 0.444. The number of benzene rings is 1. The highest BCUT2D eigenvalue weighted by Crippen LogP contribution is 2.05. The molecule has 0 aliphatic heterocycles. The molecule has 114 valence electrons. The lowest BCUT2D eigenvalue weighted by Gasteiger charge is -2.09. The second kappa shape index (κ2) is 5.46. The van der Waals surface area contributed by atoms with Crippen molar-refractivity contribution in [2.45, 2.75) is 20.5 Å². The van der Waals surface area contributed by atoms with Crippen LogP contribution in [0.5, 0.6) is 0 Å². The van der Waals surface area contributed by atoms with Gasteiger partial charge in [0, 0.05) is 0 Å². The first-order valence-corrected chi connectivity index (χ1v) is 6.84. The number of fused-ring (bicyclic) bond motifs is 1. The van der Waals surface area contributed by atoms with Gasteiger partial charge in [-0.2, -0.15) is 15.0 Å². The summed E-state index contributed by atoms with van der Waals surface area (Å²) >= 11 is 0. The van der Waals surface area contributed by atoms with Crippen LogP contribution in [0.3, 0.4) is 0 Å². The molecule has 0 radical (unpaired) electrons. The number of aryl methyl sites for hydroxylation is 1. The molecular formula is C15H12N6O2. The Bertz CT molecular complexity index is 1070. The van der Waals surface area contributed by atoms with Crippen molar-refractivity contribution in [3.05, 3.63) is 61.8 Å². The summed E-state index contributed by atoms with van der Waals surface area (Å²) in [6.45, 7) is 3.15. The molecule has 2 aromatic heterocycles. The maximum Gasteiger partial charge on any atom is 0.286 e. The van der Waals surface area contributed by atoms with E-state index in [4.69, 9.17) is 5.26 Å². The zero-order chi connectivity index (χ0) is 16.6. The molecule has 3 aromatic rings. The van der Waals surface area contributed by atoms with Crippen molar-refractivity contribution in [2.24, 2.45) is 0 Å². The molecule has 0 amide bonds. The zero-order valence-corrected chi connectivity index (χ0v) is 12.5. The van der Waals surface area contributed by atoms with Crippen LogP contribution in [0.25, 0.3) is 10.9 Å². The van der Waals surface area contributed by atoms with Crippen LogP contribution in [0.2, 0.25) is 0 Å². The van der Waals surface area contributed by atoms with Crippen LogP contribution < -0.4 is 11.1 Å². The normalized spacial score (nSPS) is 10.7. The Hall–Kier alpha value is -3.34. The third-order valence-electron chi connectivity index (χ3n) is 3.65. The van der Waals surface area contributed by atoms with Crippen LogP contribution in [-0.4, -0.2) is 24.8 Å². The molecule has 0 aliphatic carbocycles. The van der Waals surface area contributed by atoms with E-state index in [0.717, 1.165) is 9.36 Å². The molecule has 0 bridgehead atoms.